The molecule has 2 heterocycles. The van der Waals surface area contributed by atoms with Crippen molar-refractivity contribution < 1.29 is 22.8 Å². The lowest BCUT2D eigenvalue weighted by Gasteiger charge is -2.15. The number of halogens is 3. The number of pyridine rings is 1. The number of amides is 2. The molecule has 1 unspecified atom stereocenters. The summed E-state index contributed by atoms with van der Waals surface area (Å²) < 4.78 is 37.8. The Kier molecular flexibility index (Phi) is 3.51. The van der Waals surface area contributed by atoms with E-state index in [4.69, 9.17) is 5.73 Å². The standard InChI is InChI=1S/C11H11F3N4O2/c12-11(13,14)7-2-1-6(9(15)20)10(18-7)17-5-3-8(19)16-4-5/h1-2,5H,3-4H2,(H2,15,20)(H,16,19)(H,17,18). The number of rotatable bonds is 3. The van der Waals surface area contributed by atoms with E-state index < -0.39 is 23.8 Å². The zero-order chi connectivity index (χ0) is 14.9. The molecule has 0 aromatic carbocycles. The molecule has 0 aliphatic carbocycles. The SMILES string of the molecule is NC(=O)c1ccc(C(F)(F)F)nc1NC1CNC(=O)C1. The Hall–Kier alpha value is -2.32. The van der Waals surface area contributed by atoms with Crippen molar-refractivity contribution in [3.05, 3.63) is 23.4 Å². The highest BCUT2D eigenvalue weighted by atomic mass is 19.4. The molecule has 1 aromatic heterocycles. The number of hydrogen-bond donors (Lipinski definition) is 3. The highest BCUT2D eigenvalue weighted by molar-refractivity contribution is 5.97. The maximum Gasteiger partial charge on any atom is 0.433 e. The van der Waals surface area contributed by atoms with Crippen LogP contribution in [-0.4, -0.2) is 29.4 Å². The minimum Gasteiger partial charge on any atom is -0.365 e. The Bertz CT molecular complexity index is 559. The van der Waals surface area contributed by atoms with Crippen molar-refractivity contribution in [2.45, 2.75) is 18.6 Å². The van der Waals surface area contributed by atoms with Crippen molar-refractivity contribution in [1.29, 1.82) is 0 Å². The van der Waals surface area contributed by atoms with Gasteiger partial charge in [-0.2, -0.15) is 13.2 Å². The smallest absolute Gasteiger partial charge is 0.365 e. The van der Waals surface area contributed by atoms with Crippen molar-refractivity contribution in [3.8, 4) is 0 Å². The third-order valence-corrected chi connectivity index (χ3v) is 2.77. The van der Waals surface area contributed by atoms with Gasteiger partial charge in [0.05, 0.1) is 11.6 Å². The van der Waals surface area contributed by atoms with Crippen LogP contribution in [0.4, 0.5) is 19.0 Å². The van der Waals surface area contributed by atoms with Crippen LogP contribution in [0.5, 0.6) is 0 Å². The Morgan fingerprint density at radius 3 is 2.65 bits per heavy atom. The number of carbonyl (C=O) groups is 2. The van der Waals surface area contributed by atoms with Gasteiger partial charge in [-0.1, -0.05) is 0 Å². The van der Waals surface area contributed by atoms with Gasteiger partial charge in [-0.05, 0) is 12.1 Å². The molecule has 9 heteroatoms. The molecule has 0 saturated carbocycles. The topological polar surface area (TPSA) is 97.1 Å². The normalized spacial score (nSPS) is 18.8. The van der Waals surface area contributed by atoms with E-state index in [2.05, 4.69) is 15.6 Å². The lowest BCUT2D eigenvalue weighted by Crippen LogP contribution is -2.26. The predicted octanol–water partition coefficient (Wildman–Crippen LogP) is 0.500. The third-order valence-electron chi connectivity index (χ3n) is 2.77. The molecule has 4 N–H and O–H groups in total. The van der Waals surface area contributed by atoms with E-state index in [0.717, 1.165) is 6.07 Å². The van der Waals surface area contributed by atoms with Gasteiger partial charge in [0.2, 0.25) is 5.91 Å². The van der Waals surface area contributed by atoms with Gasteiger partial charge in [-0.3, -0.25) is 9.59 Å². The molecule has 0 radical (unpaired) electrons. The molecule has 108 valence electrons. The van der Waals surface area contributed by atoms with E-state index in [0.29, 0.717) is 6.07 Å². The molecule has 1 atom stereocenters. The van der Waals surface area contributed by atoms with Crippen LogP contribution >= 0.6 is 0 Å². The molecular weight excluding hydrogens is 277 g/mol. The van der Waals surface area contributed by atoms with E-state index in [1.807, 2.05) is 0 Å². The maximum atomic E-state index is 12.6. The first-order valence-electron chi connectivity index (χ1n) is 5.68. The maximum absolute atomic E-state index is 12.6. The fraction of sp³-hybridized carbons (Fsp3) is 0.364. The second kappa shape index (κ2) is 4.99. The largest absolute Gasteiger partial charge is 0.433 e. The highest BCUT2D eigenvalue weighted by Gasteiger charge is 2.34. The fourth-order valence-electron chi connectivity index (χ4n) is 1.83. The summed E-state index contributed by atoms with van der Waals surface area (Å²) in [5, 5.41) is 5.15. The average molecular weight is 288 g/mol. The summed E-state index contributed by atoms with van der Waals surface area (Å²) in [5.74, 6) is -1.39. The minimum absolute atomic E-state index is 0.0934. The molecule has 1 fully saturated rings. The zero-order valence-electron chi connectivity index (χ0n) is 10.1. The Morgan fingerprint density at radius 2 is 2.15 bits per heavy atom. The Balaban J connectivity index is 2.32. The van der Waals surface area contributed by atoms with Gasteiger partial charge in [-0.15, -0.1) is 0 Å². The van der Waals surface area contributed by atoms with Gasteiger partial charge in [0.15, 0.2) is 0 Å². The molecule has 1 aliphatic heterocycles. The fourth-order valence-corrected chi connectivity index (χ4v) is 1.83. The Morgan fingerprint density at radius 1 is 1.45 bits per heavy atom. The van der Waals surface area contributed by atoms with E-state index in [1.54, 1.807) is 0 Å². The monoisotopic (exact) mass is 288 g/mol. The molecule has 1 saturated heterocycles. The molecular formula is C11H11F3N4O2. The van der Waals surface area contributed by atoms with Crippen molar-refractivity contribution in [3.63, 3.8) is 0 Å². The average Bonchev–Trinajstić information content (AvgIpc) is 2.73. The van der Waals surface area contributed by atoms with Crippen LogP contribution < -0.4 is 16.4 Å². The summed E-state index contributed by atoms with van der Waals surface area (Å²) in [6.45, 7) is 0.245. The first-order chi connectivity index (χ1) is 9.27. The van der Waals surface area contributed by atoms with Gasteiger partial charge in [-0.25, -0.2) is 4.98 Å². The van der Waals surface area contributed by atoms with Gasteiger partial charge in [0, 0.05) is 13.0 Å². The predicted molar refractivity (Wildman–Crippen MR) is 62.8 cm³/mol. The second-order valence-corrected chi connectivity index (χ2v) is 4.30. The Labute approximate surface area is 111 Å². The van der Waals surface area contributed by atoms with Crippen molar-refractivity contribution >= 4 is 17.6 Å². The molecule has 0 bridgehead atoms. The number of carbonyl (C=O) groups excluding carboxylic acids is 2. The summed E-state index contributed by atoms with van der Waals surface area (Å²) in [6.07, 6.45) is -4.54. The number of primary amides is 1. The number of anilines is 1. The van der Waals surface area contributed by atoms with Crippen LogP contribution in [0.15, 0.2) is 12.1 Å². The molecule has 0 spiro atoms. The number of nitrogens with zero attached hydrogens (tertiary/aromatic N) is 1. The van der Waals surface area contributed by atoms with Crippen molar-refractivity contribution in [2.75, 3.05) is 11.9 Å². The summed E-state index contributed by atoms with van der Waals surface area (Å²) in [4.78, 5) is 25.6. The minimum atomic E-state index is -4.63. The molecule has 2 amide bonds. The van der Waals surface area contributed by atoms with Crippen LogP contribution in [0, 0.1) is 0 Å². The molecule has 1 aromatic rings. The van der Waals surface area contributed by atoms with Crippen molar-refractivity contribution in [2.24, 2.45) is 5.73 Å². The summed E-state index contributed by atoms with van der Waals surface area (Å²) in [5.41, 5.74) is 3.80. The summed E-state index contributed by atoms with van der Waals surface area (Å²) in [7, 11) is 0. The van der Waals surface area contributed by atoms with Gasteiger partial charge < -0.3 is 16.4 Å². The summed E-state index contributed by atoms with van der Waals surface area (Å²) >= 11 is 0. The van der Waals surface area contributed by atoms with Crippen LogP contribution in [0.1, 0.15) is 22.5 Å². The number of alkyl halides is 3. The van der Waals surface area contributed by atoms with E-state index in [1.165, 1.54) is 0 Å². The van der Waals surface area contributed by atoms with Gasteiger partial charge >= 0.3 is 6.18 Å². The lowest BCUT2D eigenvalue weighted by molar-refractivity contribution is -0.141. The molecule has 20 heavy (non-hydrogen) atoms. The van der Waals surface area contributed by atoms with Gasteiger partial charge in [0.1, 0.15) is 11.5 Å². The van der Waals surface area contributed by atoms with Crippen LogP contribution in [-0.2, 0) is 11.0 Å². The molecule has 2 rings (SSSR count). The second-order valence-electron chi connectivity index (χ2n) is 4.30. The van der Waals surface area contributed by atoms with E-state index in [9.17, 15) is 22.8 Å². The zero-order valence-corrected chi connectivity index (χ0v) is 10.1. The quantitative estimate of drug-likeness (QED) is 0.754. The van der Waals surface area contributed by atoms with Crippen LogP contribution in [0.2, 0.25) is 0 Å². The van der Waals surface area contributed by atoms with Gasteiger partial charge in [0.25, 0.3) is 5.91 Å². The molecule has 6 nitrogen and oxygen atoms in total. The third kappa shape index (κ3) is 2.98. The first-order valence-corrected chi connectivity index (χ1v) is 5.68. The highest BCUT2D eigenvalue weighted by Crippen LogP contribution is 2.29. The number of nitrogens with two attached hydrogens (primary N) is 1. The summed E-state index contributed by atoms with van der Waals surface area (Å²) in [6, 6.07) is 1.21. The number of nitrogens with one attached hydrogen (secondary N) is 2. The van der Waals surface area contributed by atoms with Crippen LogP contribution in [0.25, 0.3) is 0 Å². The molecule has 1 aliphatic rings. The number of aromatic nitrogens is 1. The van der Waals surface area contributed by atoms with E-state index in [-0.39, 0.29) is 30.3 Å². The van der Waals surface area contributed by atoms with Crippen molar-refractivity contribution in [1.82, 2.24) is 10.3 Å². The lowest BCUT2D eigenvalue weighted by atomic mass is 10.2. The van der Waals surface area contributed by atoms with E-state index >= 15 is 0 Å². The first kappa shape index (κ1) is 14.1. The van der Waals surface area contributed by atoms with Crippen LogP contribution in [0.3, 0.4) is 0 Å². The number of hydrogen-bond acceptors (Lipinski definition) is 4.